The van der Waals surface area contributed by atoms with E-state index in [-0.39, 0.29) is 23.4 Å². The van der Waals surface area contributed by atoms with E-state index in [9.17, 15) is 13.2 Å². The zero-order valence-corrected chi connectivity index (χ0v) is 18.2. The summed E-state index contributed by atoms with van der Waals surface area (Å²) in [7, 11) is 0. The van der Waals surface area contributed by atoms with Crippen molar-refractivity contribution in [1.29, 1.82) is 0 Å². The zero-order valence-electron chi connectivity index (χ0n) is 18.2. The molecule has 2 N–H and O–H groups in total. The number of anilines is 1. The van der Waals surface area contributed by atoms with Gasteiger partial charge < -0.3 is 15.4 Å². The van der Waals surface area contributed by atoms with Crippen LogP contribution < -0.4 is 10.6 Å². The number of halogens is 3. The van der Waals surface area contributed by atoms with Gasteiger partial charge in [0.1, 0.15) is 5.82 Å². The molecule has 1 aromatic carbocycles. The molecule has 1 aliphatic carbocycles. The summed E-state index contributed by atoms with van der Waals surface area (Å²) in [6.45, 7) is 3.81. The lowest BCUT2D eigenvalue weighted by atomic mass is 9.83. The molecule has 32 heavy (non-hydrogen) atoms. The molecule has 0 bridgehead atoms. The molecule has 2 saturated heterocycles. The van der Waals surface area contributed by atoms with Crippen LogP contribution in [0.3, 0.4) is 0 Å². The SMILES string of the molecule is C[C@H]1C[C@@H](CC2C3CC(N)CC3CN2c2ccc(-c3cc(F)cc(F)c3F)nn2)CCO1. The largest absolute Gasteiger partial charge is 0.378 e. The van der Waals surface area contributed by atoms with Gasteiger partial charge in [-0.1, -0.05) is 0 Å². The van der Waals surface area contributed by atoms with Crippen LogP contribution in [0.2, 0.25) is 0 Å². The number of nitrogens with two attached hydrogens (primary N) is 1. The molecule has 2 aliphatic heterocycles. The summed E-state index contributed by atoms with van der Waals surface area (Å²) in [5, 5.41) is 8.48. The van der Waals surface area contributed by atoms with E-state index in [0.29, 0.717) is 29.9 Å². The molecular weight excluding hydrogens is 417 g/mol. The Hall–Kier alpha value is -2.19. The van der Waals surface area contributed by atoms with Gasteiger partial charge in [0, 0.05) is 36.9 Å². The Morgan fingerprint density at radius 2 is 1.97 bits per heavy atom. The Morgan fingerprint density at radius 1 is 1.12 bits per heavy atom. The molecule has 0 spiro atoms. The minimum absolute atomic E-state index is 0.112. The number of aromatic nitrogens is 2. The summed E-state index contributed by atoms with van der Waals surface area (Å²) in [4.78, 5) is 2.32. The lowest BCUT2D eigenvalue weighted by molar-refractivity contribution is -0.00143. The van der Waals surface area contributed by atoms with Crippen molar-refractivity contribution in [2.24, 2.45) is 23.5 Å². The van der Waals surface area contributed by atoms with Crippen LogP contribution >= 0.6 is 0 Å². The third kappa shape index (κ3) is 4.10. The van der Waals surface area contributed by atoms with Crippen LogP contribution in [0.15, 0.2) is 24.3 Å². The van der Waals surface area contributed by atoms with Crippen molar-refractivity contribution in [3.05, 3.63) is 41.7 Å². The Morgan fingerprint density at radius 3 is 2.72 bits per heavy atom. The van der Waals surface area contributed by atoms with Crippen molar-refractivity contribution in [3.63, 3.8) is 0 Å². The zero-order chi connectivity index (χ0) is 22.4. The van der Waals surface area contributed by atoms with Crippen molar-refractivity contribution in [2.75, 3.05) is 18.1 Å². The maximum atomic E-state index is 14.2. The second-order valence-corrected chi connectivity index (χ2v) is 9.71. The second-order valence-electron chi connectivity index (χ2n) is 9.71. The topological polar surface area (TPSA) is 64.3 Å². The monoisotopic (exact) mass is 446 g/mol. The summed E-state index contributed by atoms with van der Waals surface area (Å²) in [6, 6.07) is 5.42. The van der Waals surface area contributed by atoms with E-state index in [2.05, 4.69) is 22.0 Å². The summed E-state index contributed by atoms with van der Waals surface area (Å²) < 4.78 is 47.1. The molecule has 4 unspecified atom stereocenters. The van der Waals surface area contributed by atoms with Gasteiger partial charge in [0.15, 0.2) is 17.5 Å². The second kappa shape index (κ2) is 8.63. The molecule has 0 amide bonds. The molecule has 5 nitrogen and oxygen atoms in total. The van der Waals surface area contributed by atoms with E-state index in [0.717, 1.165) is 57.1 Å². The third-order valence-electron chi connectivity index (χ3n) is 7.49. The molecule has 3 heterocycles. The summed E-state index contributed by atoms with van der Waals surface area (Å²) in [6.07, 6.45) is 5.50. The maximum absolute atomic E-state index is 14.2. The number of hydrogen-bond donors (Lipinski definition) is 1. The number of hydrogen-bond acceptors (Lipinski definition) is 5. The molecule has 1 saturated carbocycles. The van der Waals surface area contributed by atoms with Gasteiger partial charge in [-0.05, 0) is 75.0 Å². The summed E-state index contributed by atoms with van der Waals surface area (Å²) >= 11 is 0. The summed E-state index contributed by atoms with van der Waals surface area (Å²) in [5.41, 5.74) is 6.17. The van der Waals surface area contributed by atoms with E-state index in [1.165, 1.54) is 0 Å². The molecule has 3 fully saturated rings. The van der Waals surface area contributed by atoms with Crippen LogP contribution in [0.5, 0.6) is 0 Å². The van der Waals surface area contributed by atoms with Gasteiger partial charge in [0.25, 0.3) is 0 Å². The molecule has 3 aliphatic rings. The molecule has 0 radical (unpaired) electrons. The highest BCUT2D eigenvalue weighted by molar-refractivity contribution is 5.61. The highest BCUT2D eigenvalue weighted by Gasteiger charge is 2.47. The molecule has 2 aromatic rings. The van der Waals surface area contributed by atoms with Gasteiger partial charge in [-0.3, -0.25) is 0 Å². The highest BCUT2D eigenvalue weighted by atomic mass is 19.2. The van der Waals surface area contributed by atoms with Crippen LogP contribution in [0, 0.1) is 35.2 Å². The van der Waals surface area contributed by atoms with Gasteiger partial charge in [0.2, 0.25) is 0 Å². The van der Waals surface area contributed by atoms with Gasteiger partial charge in [-0.25, -0.2) is 13.2 Å². The average Bonchev–Trinajstić information content (AvgIpc) is 3.28. The van der Waals surface area contributed by atoms with E-state index in [1.54, 1.807) is 12.1 Å². The fraction of sp³-hybridized carbons (Fsp3) is 0.583. The standard InChI is InChI=1S/C24H29F3N4O/c1-13-6-14(4-5-32-13)7-22-18-11-17(28)8-15(18)12-31(22)23-3-2-21(29-30-23)19-9-16(25)10-20(26)24(19)27/h2-3,9-10,13-15,17-18,22H,4-8,11-12,28H2,1H3/t13-,14-,15?,17?,18?,22?/m0/s1. The Labute approximate surface area is 186 Å². The number of ether oxygens (including phenoxy) is 1. The molecule has 5 rings (SSSR count). The van der Waals surface area contributed by atoms with E-state index < -0.39 is 17.5 Å². The van der Waals surface area contributed by atoms with Crippen molar-refractivity contribution in [3.8, 4) is 11.3 Å². The minimum Gasteiger partial charge on any atom is -0.378 e. The first-order chi connectivity index (χ1) is 15.4. The lowest BCUT2D eigenvalue weighted by Gasteiger charge is -2.35. The lowest BCUT2D eigenvalue weighted by Crippen LogP contribution is -2.38. The van der Waals surface area contributed by atoms with E-state index >= 15 is 0 Å². The Bertz CT molecular complexity index is 972. The number of nitrogens with zero attached hydrogens (tertiary/aromatic N) is 3. The molecule has 8 heteroatoms. The first-order valence-corrected chi connectivity index (χ1v) is 11.5. The van der Waals surface area contributed by atoms with Gasteiger partial charge >= 0.3 is 0 Å². The first kappa shape index (κ1) is 21.6. The van der Waals surface area contributed by atoms with Crippen molar-refractivity contribution >= 4 is 5.82 Å². The molecule has 1 aromatic heterocycles. The number of rotatable bonds is 4. The normalized spacial score (nSPS) is 32.3. The fourth-order valence-electron chi connectivity index (χ4n) is 6.08. The van der Waals surface area contributed by atoms with Crippen LogP contribution in [-0.4, -0.2) is 41.5 Å². The van der Waals surface area contributed by atoms with Gasteiger partial charge in [-0.15, -0.1) is 10.2 Å². The van der Waals surface area contributed by atoms with Crippen molar-refractivity contribution in [2.45, 2.75) is 57.2 Å². The van der Waals surface area contributed by atoms with Gasteiger partial charge in [0.05, 0.1) is 11.8 Å². The molecular formula is C24H29F3N4O. The molecule has 172 valence electrons. The van der Waals surface area contributed by atoms with Crippen molar-refractivity contribution < 1.29 is 17.9 Å². The minimum atomic E-state index is -1.24. The molecule has 6 atom stereocenters. The Kier molecular flexibility index (Phi) is 5.84. The maximum Gasteiger partial charge on any atom is 0.168 e. The van der Waals surface area contributed by atoms with Crippen LogP contribution in [0.25, 0.3) is 11.3 Å². The third-order valence-corrected chi connectivity index (χ3v) is 7.49. The van der Waals surface area contributed by atoms with Crippen LogP contribution in [0.1, 0.15) is 39.0 Å². The number of fused-ring (bicyclic) bond motifs is 1. The average molecular weight is 447 g/mol. The predicted molar refractivity (Wildman–Crippen MR) is 115 cm³/mol. The van der Waals surface area contributed by atoms with Crippen LogP contribution in [0.4, 0.5) is 19.0 Å². The Balaban J connectivity index is 1.40. The van der Waals surface area contributed by atoms with E-state index in [1.807, 2.05) is 0 Å². The first-order valence-electron chi connectivity index (χ1n) is 11.5. The van der Waals surface area contributed by atoms with E-state index in [4.69, 9.17) is 10.5 Å². The smallest absolute Gasteiger partial charge is 0.168 e. The fourth-order valence-corrected chi connectivity index (χ4v) is 6.08. The number of benzene rings is 1. The quantitative estimate of drug-likeness (QED) is 0.710. The highest BCUT2D eigenvalue weighted by Crippen LogP contribution is 2.46. The van der Waals surface area contributed by atoms with Crippen molar-refractivity contribution in [1.82, 2.24) is 10.2 Å². The van der Waals surface area contributed by atoms with Gasteiger partial charge in [-0.2, -0.15) is 0 Å². The summed E-state index contributed by atoms with van der Waals surface area (Å²) in [5.74, 6) is -0.829. The predicted octanol–water partition coefficient (Wildman–Crippen LogP) is 4.31. The van der Waals surface area contributed by atoms with Crippen LogP contribution in [-0.2, 0) is 4.74 Å².